The molecule has 1 aliphatic rings. The molecule has 0 spiro atoms. The van der Waals surface area contributed by atoms with Gasteiger partial charge in [-0.15, -0.1) is 12.4 Å². The van der Waals surface area contributed by atoms with E-state index in [2.05, 4.69) is 0 Å². The van der Waals surface area contributed by atoms with Gasteiger partial charge in [0.1, 0.15) is 0 Å². The summed E-state index contributed by atoms with van der Waals surface area (Å²) in [6.07, 6.45) is 2.76. The predicted octanol–water partition coefficient (Wildman–Crippen LogP) is 3.63. The maximum Gasteiger partial charge on any atom is 0.227 e. The summed E-state index contributed by atoms with van der Waals surface area (Å²) in [5.74, 6) is 1.83. The summed E-state index contributed by atoms with van der Waals surface area (Å²) in [6.45, 7) is 0.721. The van der Waals surface area contributed by atoms with Crippen LogP contribution in [0, 0.1) is 0 Å². The molecule has 7 heteroatoms. The molecule has 0 bridgehead atoms. The quantitative estimate of drug-likeness (QED) is 0.741. The van der Waals surface area contributed by atoms with E-state index in [1.165, 1.54) is 0 Å². The molecule has 0 unspecified atom stereocenters. The molecule has 0 atom stereocenters. The van der Waals surface area contributed by atoms with Crippen LogP contribution in [0.4, 0.5) is 11.4 Å². The number of carbonyl (C=O) groups is 1. The largest absolute Gasteiger partial charge is 0.493 e. The number of methoxy groups -OCH3 is 3. The summed E-state index contributed by atoms with van der Waals surface area (Å²) >= 11 is 0. The minimum atomic E-state index is 0. The number of hydrogen-bond acceptors (Lipinski definition) is 5. The molecule has 1 heterocycles. The fourth-order valence-corrected chi connectivity index (χ4v) is 3.65. The lowest BCUT2D eigenvalue weighted by Gasteiger charge is -2.30. The number of carbonyl (C=O) groups excluding carboxylic acids is 1. The normalized spacial score (nSPS) is 12.6. The first-order valence-electron chi connectivity index (χ1n) is 9.06. The second kappa shape index (κ2) is 9.55. The van der Waals surface area contributed by atoms with E-state index in [0.29, 0.717) is 30.1 Å². The average molecular weight is 407 g/mol. The van der Waals surface area contributed by atoms with Crippen LogP contribution in [0.2, 0.25) is 0 Å². The molecule has 2 N–H and O–H groups in total. The van der Waals surface area contributed by atoms with Crippen LogP contribution in [0.1, 0.15) is 24.0 Å². The van der Waals surface area contributed by atoms with Crippen LogP contribution in [0.25, 0.3) is 0 Å². The molecule has 6 nitrogen and oxygen atoms in total. The smallest absolute Gasteiger partial charge is 0.227 e. The van der Waals surface area contributed by atoms with Crippen molar-refractivity contribution in [3.63, 3.8) is 0 Å². The van der Waals surface area contributed by atoms with E-state index in [9.17, 15) is 4.79 Å². The third-order valence-corrected chi connectivity index (χ3v) is 4.98. The number of aryl methyl sites for hydroxylation is 1. The Bertz CT molecular complexity index is 841. The number of amides is 1. The Morgan fingerprint density at radius 3 is 2.50 bits per heavy atom. The van der Waals surface area contributed by atoms with Gasteiger partial charge in [-0.1, -0.05) is 12.1 Å². The molecule has 0 saturated carbocycles. The number of ether oxygens (including phenoxy) is 3. The number of anilines is 2. The molecule has 1 amide bonds. The van der Waals surface area contributed by atoms with E-state index >= 15 is 0 Å². The molecule has 1 aliphatic heterocycles. The third-order valence-electron chi connectivity index (χ3n) is 4.98. The second-order valence-corrected chi connectivity index (χ2v) is 6.49. The molecule has 0 saturated heterocycles. The number of halogens is 1. The van der Waals surface area contributed by atoms with Gasteiger partial charge in [0.05, 0.1) is 21.3 Å². The number of fused-ring (bicyclic) bond motifs is 1. The van der Waals surface area contributed by atoms with Crippen LogP contribution in [0.15, 0.2) is 30.3 Å². The van der Waals surface area contributed by atoms with Crippen LogP contribution in [-0.4, -0.2) is 33.8 Å². The van der Waals surface area contributed by atoms with Gasteiger partial charge in [0.25, 0.3) is 0 Å². The summed E-state index contributed by atoms with van der Waals surface area (Å²) in [6, 6.07) is 9.51. The van der Waals surface area contributed by atoms with E-state index in [-0.39, 0.29) is 18.3 Å². The maximum absolute atomic E-state index is 12.9. The number of nitrogens with two attached hydrogens (primary N) is 1. The number of hydrogen-bond donors (Lipinski definition) is 1. The molecular weight excluding hydrogens is 380 g/mol. The van der Waals surface area contributed by atoms with Gasteiger partial charge in [-0.25, -0.2) is 0 Å². The Balaban J connectivity index is 0.00000280. The van der Waals surface area contributed by atoms with Crippen LogP contribution in [0.3, 0.4) is 0 Å². The first-order valence-corrected chi connectivity index (χ1v) is 9.06. The lowest BCUT2D eigenvalue weighted by atomic mass is 9.99. The summed E-state index contributed by atoms with van der Waals surface area (Å²) in [7, 11) is 4.75. The minimum Gasteiger partial charge on any atom is -0.493 e. The lowest BCUT2D eigenvalue weighted by Crippen LogP contribution is -2.35. The Morgan fingerprint density at radius 1 is 1.07 bits per heavy atom. The average Bonchev–Trinajstić information content (AvgIpc) is 2.71. The Labute approximate surface area is 172 Å². The highest BCUT2D eigenvalue weighted by molar-refractivity contribution is 5.95. The van der Waals surface area contributed by atoms with Crippen LogP contribution in [-0.2, 0) is 17.6 Å². The number of nitrogen functional groups attached to an aromatic ring is 1. The van der Waals surface area contributed by atoms with Gasteiger partial charge in [0, 0.05) is 24.3 Å². The topological polar surface area (TPSA) is 74.0 Å². The molecule has 2 aromatic rings. The van der Waals surface area contributed by atoms with Crippen LogP contribution >= 0.6 is 12.4 Å². The Hall–Kier alpha value is -2.60. The van der Waals surface area contributed by atoms with Crippen molar-refractivity contribution in [2.24, 2.45) is 0 Å². The molecule has 0 aromatic heterocycles. The standard InChI is InChI=1S/C21H26N2O4.ClH/c1-25-18-11-9-14(20(26-2)21(18)27-3)10-12-19(24)23-13-5-6-15-16(22)7-4-8-17(15)23;/h4,7-9,11H,5-6,10,12-13,22H2,1-3H3;1H. The summed E-state index contributed by atoms with van der Waals surface area (Å²) in [5.41, 5.74) is 9.76. The number of benzene rings is 2. The monoisotopic (exact) mass is 406 g/mol. The van der Waals surface area contributed by atoms with Crippen LogP contribution < -0.4 is 24.8 Å². The zero-order chi connectivity index (χ0) is 19.4. The predicted molar refractivity (Wildman–Crippen MR) is 113 cm³/mol. The van der Waals surface area contributed by atoms with Crippen molar-refractivity contribution in [3.05, 3.63) is 41.5 Å². The first-order chi connectivity index (χ1) is 13.1. The molecule has 152 valence electrons. The van der Waals surface area contributed by atoms with Crippen molar-refractivity contribution < 1.29 is 19.0 Å². The summed E-state index contributed by atoms with van der Waals surface area (Å²) in [5, 5.41) is 0. The SMILES string of the molecule is COc1ccc(CCC(=O)N2CCCc3c(N)cccc32)c(OC)c1OC.Cl. The van der Waals surface area contributed by atoms with E-state index in [4.69, 9.17) is 19.9 Å². The van der Waals surface area contributed by atoms with Gasteiger partial charge in [-0.2, -0.15) is 0 Å². The zero-order valence-corrected chi connectivity index (χ0v) is 17.3. The third kappa shape index (κ3) is 4.12. The van der Waals surface area contributed by atoms with Crippen molar-refractivity contribution >= 4 is 29.7 Å². The van der Waals surface area contributed by atoms with Crippen molar-refractivity contribution in [1.82, 2.24) is 0 Å². The highest BCUT2D eigenvalue weighted by atomic mass is 35.5. The van der Waals surface area contributed by atoms with Gasteiger partial charge in [0.15, 0.2) is 11.5 Å². The molecule has 0 radical (unpaired) electrons. The highest BCUT2D eigenvalue weighted by Crippen LogP contribution is 2.40. The number of nitrogens with zero attached hydrogens (tertiary/aromatic N) is 1. The maximum atomic E-state index is 12.9. The molecule has 2 aromatic carbocycles. The Morgan fingerprint density at radius 2 is 1.82 bits per heavy atom. The zero-order valence-electron chi connectivity index (χ0n) is 16.5. The van der Waals surface area contributed by atoms with Crippen molar-refractivity contribution in [1.29, 1.82) is 0 Å². The van der Waals surface area contributed by atoms with E-state index in [1.807, 2.05) is 35.2 Å². The summed E-state index contributed by atoms with van der Waals surface area (Å²) in [4.78, 5) is 14.8. The van der Waals surface area contributed by atoms with Crippen molar-refractivity contribution in [2.75, 3.05) is 38.5 Å². The van der Waals surface area contributed by atoms with Gasteiger partial charge in [0.2, 0.25) is 11.7 Å². The second-order valence-electron chi connectivity index (χ2n) is 6.49. The van der Waals surface area contributed by atoms with Crippen molar-refractivity contribution in [2.45, 2.75) is 25.7 Å². The summed E-state index contributed by atoms with van der Waals surface area (Å²) < 4.78 is 16.2. The minimum absolute atomic E-state index is 0. The Kier molecular flexibility index (Phi) is 7.40. The van der Waals surface area contributed by atoms with Gasteiger partial charge in [-0.05, 0) is 48.6 Å². The fourth-order valence-electron chi connectivity index (χ4n) is 3.65. The first kappa shape index (κ1) is 21.7. The molecule has 0 fully saturated rings. The van der Waals surface area contributed by atoms with Gasteiger partial charge >= 0.3 is 0 Å². The fraction of sp³-hybridized carbons (Fsp3) is 0.381. The van der Waals surface area contributed by atoms with Crippen molar-refractivity contribution in [3.8, 4) is 17.2 Å². The number of rotatable bonds is 6. The lowest BCUT2D eigenvalue weighted by molar-refractivity contribution is -0.118. The molecule has 0 aliphatic carbocycles. The van der Waals surface area contributed by atoms with Crippen LogP contribution in [0.5, 0.6) is 17.2 Å². The highest BCUT2D eigenvalue weighted by Gasteiger charge is 2.24. The van der Waals surface area contributed by atoms with Gasteiger partial charge < -0.3 is 24.8 Å². The molecular formula is C21H27ClN2O4. The van der Waals surface area contributed by atoms with Gasteiger partial charge in [-0.3, -0.25) is 4.79 Å². The molecule has 28 heavy (non-hydrogen) atoms. The van der Waals surface area contributed by atoms with E-state index in [1.54, 1.807) is 21.3 Å². The van der Waals surface area contributed by atoms with E-state index in [0.717, 1.165) is 41.9 Å². The van der Waals surface area contributed by atoms with E-state index < -0.39 is 0 Å². The molecule has 3 rings (SSSR count).